The van der Waals surface area contributed by atoms with Gasteiger partial charge in [0.25, 0.3) is 11.8 Å². The SMILES string of the molecule is CCOc1ccc(/C=N/NC(=O)C(NC(=O)c2ccccc2F)C(C)C)cc1OCC. The van der Waals surface area contributed by atoms with Crippen LogP contribution in [0, 0.1) is 11.7 Å². The molecule has 31 heavy (non-hydrogen) atoms. The molecule has 2 rings (SSSR count). The number of hydrogen-bond acceptors (Lipinski definition) is 5. The van der Waals surface area contributed by atoms with E-state index in [1.807, 2.05) is 13.8 Å². The van der Waals surface area contributed by atoms with Crippen LogP contribution in [0.3, 0.4) is 0 Å². The molecule has 2 amide bonds. The average molecular weight is 429 g/mol. The average Bonchev–Trinajstić information content (AvgIpc) is 2.74. The molecule has 0 fully saturated rings. The van der Waals surface area contributed by atoms with Crippen molar-refractivity contribution >= 4 is 18.0 Å². The number of hydrazone groups is 1. The number of hydrogen-bond donors (Lipinski definition) is 2. The van der Waals surface area contributed by atoms with Crippen molar-refractivity contribution in [3.05, 3.63) is 59.4 Å². The summed E-state index contributed by atoms with van der Waals surface area (Å²) in [6.45, 7) is 8.30. The van der Waals surface area contributed by atoms with Crippen molar-refractivity contribution in [2.24, 2.45) is 11.0 Å². The first kappa shape index (κ1) is 23.9. The molecule has 2 N–H and O–H groups in total. The Hall–Kier alpha value is -3.42. The van der Waals surface area contributed by atoms with Gasteiger partial charge in [-0.1, -0.05) is 26.0 Å². The van der Waals surface area contributed by atoms with E-state index in [4.69, 9.17) is 9.47 Å². The van der Waals surface area contributed by atoms with E-state index in [1.54, 1.807) is 38.1 Å². The second-order valence-electron chi connectivity index (χ2n) is 6.98. The van der Waals surface area contributed by atoms with Crippen molar-refractivity contribution in [3.8, 4) is 11.5 Å². The van der Waals surface area contributed by atoms with Crippen molar-refractivity contribution in [2.75, 3.05) is 13.2 Å². The number of benzene rings is 2. The standard InChI is InChI=1S/C23H28FN3O4/c1-5-30-19-12-11-16(13-20(19)31-6-2)14-25-27-23(29)21(15(3)4)26-22(28)17-9-7-8-10-18(17)24/h7-15,21H,5-6H2,1-4H3,(H,26,28)(H,27,29)/b25-14+. The maximum atomic E-state index is 13.8. The largest absolute Gasteiger partial charge is 0.490 e. The lowest BCUT2D eigenvalue weighted by Gasteiger charge is -2.20. The molecule has 0 saturated carbocycles. The molecule has 1 atom stereocenters. The van der Waals surface area contributed by atoms with Crippen molar-refractivity contribution in [1.29, 1.82) is 0 Å². The van der Waals surface area contributed by atoms with E-state index < -0.39 is 23.7 Å². The van der Waals surface area contributed by atoms with Crippen LogP contribution in [-0.2, 0) is 4.79 Å². The van der Waals surface area contributed by atoms with E-state index in [0.29, 0.717) is 30.3 Å². The number of halogens is 1. The van der Waals surface area contributed by atoms with Gasteiger partial charge in [-0.3, -0.25) is 9.59 Å². The van der Waals surface area contributed by atoms with Crippen LogP contribution in [0.15, 0.2) is 47.6 Å². The molecule has 2 aromatic rings. The molecule has 0 aliphatic carbocycles. The summed E-state index contributed by atoms with van der Waals surface area (Å²) in [6.07, 6.45) is 1.46. The summed E-state index contributed by atoms with van der Waals surface area (Å²) in [7, 11) is 0. The molecule has 0 aliphatic heterocycles. The van der Waals surface area contributed by atoms with E-state index in [1.165, 1.54) is 24.4 Å². The molecule has 7 nitrogen and oxygen atoms in total. The zero-order chi connectivity index (χ0) is 22.8. The Labute approximate surface area is 181 Å². The number of nitrogens with zero attached hydrogens (tertiary/aromatic N) is 1. The highest BCUT2D eigenvalue weighted by Gasteiger charge is 2.25. The first-order valence-electron chi connectivity index (χ1n) is 10.1. The molecule has 0 saturated heterocycles. The third kappa shape index (κ3) is 6.80. The lowest BCUT2D eigenvalue weighted by Crippen LogP contribution is -2.48. The molecular weight excluding hydrogens is 401 g/mol. The number of ether oxygens (including phenoxy) is 2. The van der Waals surface area contributed by atoms with Crippen LogP contribution in [0.5, 0.6) is 11.5 Å². The quantitative estimate of drug-likeness (QED) is 0.447. The maximum Gasteiger partial charge on any atom is 0.262 e. The molecular formula is C23H28FN3O4. The number of nitrogens with one attached hydrogen (secondary N) is 2. The first-order chi connectivity index (χ1) is 14.9. The van der Waals surface area contributed by atoms with Crippen LogP contribution in [0.2, 0.25) is 0 Å². The smallest absolute Gasteiger partial charge is 0.262 e. The van der Waals surface area contributed by atoms with E-state index in [0.717, 1.165) is 0 Å². The van der Waals surface area contributed by atoms with Gasteiger partial charge in [0.05, 0.1) is 25.0 Å². The molecule has 0 heterocycles. The lowest BCUT2D eigenvalue weighted by atomic mass is 10.0. The Kier molecular flexibility index (Phi) is 8.99. The van der Waals surface area contributed by atoms with Gasteiger partial charge in [0.2, 0.25) is 0 Å². The second-order valence-corrected chi connectivity index (χ2v) is 6.98. The highest BCUT2D eigenvalue weighted by Crippen LogP contribution is 2.28. The monoisotopic (exact) mass is 429 g/mol. The van der Waals surface area contributed by atoms with E-state index in [9.17, 15) is 14.0 Å². The molecule has 1 unspecified atom stereocenters. The van der Waals surface area contributed by atoms with Gasteiger partial charge in [-0.15, -0.1) is 0 Å². The molecule has 0 aliphatic rings. The minimum atomic E-state index is -0.886. The second kappa shape index (κ2) is 11.7. The van der Waals surface area contributed by atoms with Crippen molar-refractivity contribution < 1.29 is 23.5 Å². The Morgan fingerprint density at radius 3 is 2.39 bits per heavy atom. The molecule has 166 valence electrons. The zero-order valence-electron chi connectivity index (χ0n) is 18.1. The molecule has 0 radical (unpaired) electrons. The minimum absolute atomic E-state index is 0.123. The Morgan fingerprint density at radius 2 is 1.74 bits per heavy atom. The maximum absolute atomic E-state index is 13.8. The summed E-state index contributed by atoms with van der Waals surface area (Å²) < 4.78 is 24.9. The third-order valence-electron chi connectivity index (χ3n) is 4.31. The number of amides is 2. The first-order valence-corrected chi connectivity index (χ1v) is 10.1. The molecule has 2 aromatic carbocycles. The van der Waals surface area contributed by atoms with Crippen LogP contribution in [0.25, 0.3) is 0 Å². The van der Waals surface area contributed by atoms with E-state index in [2.05, 4.69) is 15.8 Å². The van der Waals surface area contributed by atoms with Crippen LogP contribution in [0.4, 0.5) is 4.39 Å². The summed E-state index contributed by atoms with van der Waals surface area (Å²) in [5.41, 5.74) is 3.00. The van der Waals surface area contributed by atoms with Crippen LogP contribution >= 0.6 is 0 Å². The summed E-state index contributed by atoms with van der Waals surface area (Å²) in [6, 6.07) is 10.0. The fourth-order valence-corrected chi connectivity index (χ4v) is 2.79. The van der Waals surface area contributed by atoms with Gasteiger partial charge >= 0.3 is 0 Å². The van der Waals surface area contributed by atoms with Crippen LogP contribution in [-0.4, -0.2) is 37.3 Å². The van der Waals surface area contributed by atoms with Gasteiger partial charge in [0, 0.05) is 0 Å². The predicted octanol–water partition coefficient (Wildman–Crippen LogP) is 3.53. The summed E-state index contributed by atoms with van der Waals surface area (Å²) >= 11 is 0. The van der Waals surface area contributed by atoms with Gasteiger partial charge in [-0.05, 0) is 55.7 Å². The molecule has 0 aromatic heterocycles. The fraction of sp³-hybridized carbons (Fsp3) is 0.348. The Morgan fingerprint density at radius 1 is 1.06 bits per heavy atom. The minimum Gasteiger partial charge on any atom is -0.490 e. The van der Waals surface area contributed by atoms with Gasteiger partial charge in [0.1, 0.15) is 11.9 Å². The van der Waals surface area contributed by atoms with Crippen molar-refractivity contribution in [3.63, 3.8) is 0 Å². The van der Waals surface area contributed by atoms with E-state index >= 15 is 0 Å². The Bertz CT molecular complexity index is 931. The van der Waals surface area contributed by atoms with E-state index in [-0.39, 0.29) is 11.5 Å². The lowest BCUT2D eigenvalue weighted by molar-refractivity contribution is -0.123. The summed E-state index contributed by atoms with van der Waals surface area (Å²) in [5.74, 6) is -0.851. The third-order valence-corrected chi connectivity index (χ3v) is 4.31. The van der Waals surface area contributed by atoms with Gasteiger partial charge in [-0.25, -0.2) is 9.82 Å². The van der Waals surface area contributed by atoms with Crippen molar-refractivity contribution in [2.45, 2.75) is 33.7 Å². The number of carbonyl (C=O) groups is 2. The molecule has 0 spiro atoms. The van der Waals surface area contributed by atoms with Gasteiger partial charge in [-0.2, -0.15) is 5.10 Å². The van der Waals surface area contributed by atoms with Gasteiger partial charge < -0.3 is 14.8 Å². The van der Waals surface area contributed by atoms with Gasteiger partial charge in [0.15, 0.2) is 11.5 Å². The fourth-order valence-electron chi connectivity index (χ4n) is 2.79. The normalized spacial score (nSPS) is 11.9. The Balaban J connectivity index is 2.06. The summed E-state index contributed by atoms with van der Waals surface area (Å²) in [4.78, 5) is 24.9. The highest BCUT2D eigenvalue weighted by atomic mass is 19.1. The zero-order valence-corrected chi connectivity index (χ0v) is 18.1. The van der Waals surface area contributed by atoms with Crippen LogP contribution < -0.4 is 20.2 Å². The number of rotatable bonds is 10. The topological polar surface area (TPSA) is 89.0 Å². The highest BCUT2D eigenvalue weighted by molar-refractivity contribution is 5.98. The molecule has 0 bridgehead atoms. The predicted molar refractivity (Wildman–Crippen MR) is 117 cm³/mol. The molecule has 8 heteroatoms. The van der Waals surface area contributed by atoms with Crippen molar-refractivity contribution in [1.82, 2.24) is 10.7 Å². The summed E-state index contributed by atoms with van der Waals surface area (Å²) in [5, 5.41) is 6.54. The number of carbonyl (C=O) groups excluding carboxylic acids is 2. The van der Waals surface area contributed by atoms with Crippen LogP contribution in [0.1, 0.15) is 43.6 Å².